The summed E-state index contributed by atoms with van der Waals surface area (Å²) in [5.41, 5.74) is 2.56. The van der Waals surface area contributed by atoms with Gasteiger partial charge < -0.3 is 14.6 Å². The molecule has 1 aliphatic rings. The summed E-state index contributed by atoms with van der Waals surface area (Å²) in [4.78, 5) is 18.8. The van der Waals surface area contributed by atoms with E-state index in [2.05, 4.69) is 30.6 Å². The molecule has 1 aromatic heterocycles. The molecule has 0 saturated carbocycles. The number of hydrogen-bond donors (Lipinski definition) is 1. The van der Waals surface area contributed by atoms with Crippen LogP contribution in [0.25, 0.3) is 11.0 Å². The van der Waals surface area contributed by atoms with Crippen molar-refractivity contribution in [3.63, 3.8) is 0 Å². The third kappa shape index (κ3) is 5.75. The first-order valence-corrected chi connectivity index (χ1v) is 10.1. The summed E-state index contributed by atoms with van der Waals surface area (Å²) in [5.74, 6) is 0.0138. The Labute approximate surface area is 177 Å². The number of alkyl halides is 3. The average molecular weight is 432 g/mol. The molecule has 2 heterocycles. The van der Waals surface area contributed by atoms with Crippen LogP contribution in [0.15, 0.2) is 54.9 Å². The zero-order valence-corrected chi connectivity index (χ0v) is 16.8. The van der Waals surface area contributed by atoms with E-state index in [4.69, 9.17) is 0 Å². The lowest BCUT2D eigenvalue weighted by Gasteiger charge is -2.31. The molecule has 3 aromatic rings. The number of likely N-dealkylation sites (tertiary alicyclic amines) is 1. The largest absolute Gasteiger partial charge is 0.573 e. The first-order valence-electron chi connectivity index (χ1n) is 10.1. The molecule has 164 valence electrons. The van der Waals surface area contributed by atoms with Crippen molar-refractivity contribution < 1.29 is 22.7 Å². The van der Waals surface area contributed by atoms with Crippen LogP contribution in [0.4, 0.5) is 18.9 Å². The van der Waals surface area contributed by atoms with Crippen molar-refractivity contribution in [1.29, 1.82) is 0 Å². The predicted molar refractivity (Wildman–Crippen MR) is 111 cm³/mol. The van der Waals surface area contributed by atoms with Crippen LogP contribution in [0, 0.1) is 5.92 Å². The average Bonchev–Trinajstić information content (AvgIpc) is 3.13. The van der Waals surface area contributed by atoms with E-state index < -0.39 is 6.36 Å². The number of aromatic nitrogens is 2. The first-order chi connectivity index (χ1) is 14.9. The lowest BCUT2D eigenvalue weighted by atomic mass is 9.96. The number of imidazole rings is 1. The molecule has 0 bridgehead atoms. The van der Waals surface area contributed by atoms with Gasteiger partial charge in [-0.3, -0.25) is 9.69 Å². The van der Waals surface area contributed by atoms with E-state index in [0.717, 1.165) is 43.5 Å². The van der Waals surface area contributed by atoms with Gasteiger partial charge in [0.15, 0.2) is 0 Å². The lowest BCUT2D eigenvalue weighted by Crippen LogP contribution is -2.39. The topological polar surface area (TPSA) is 59.4 Å². The van der Waals surface area contributed by atoms with Crippen molar-refractivity contribution in [2.45, 2.75) is 25.7 Å². The standard InChI is InChI=1S/C22H23F3N4O2/c23-22(24,25)31-18-7-5-17(6-8-18)27-21(30)14-28-11-9-16(10-12-28)13-29-15-26-19-3-1-2-4-20(19)29/h1-8,15-16H,9-14H2,(H,27,30). The number of halogens is 3. The van der Waals surface area contributed by atoms with Crippen LogP contribution in [0.1, 0.15) is 12.8 Å². The van der Waals surface area contributed by atoms with Gasteiger partial charge in [0.25, 0.3) is 0 Å². The second-order valence-electron chi connectivity index (χ2n) is 7.73. The first kappa shape index (κ1) is 21.2. The number of anilines is 1. The SMILES string of the molecule is O=C(CN1CCC(Cn2cnc3ccccc32)CC1)Nc1ccc(OC(F)(F)F)cc1. The van der Waals surface area contributed by atoms with Crippen molar-refractivity contribution in [2.75, 3.05) is 25.0 Å². The minimum Gasteiger partial charge on any atom is -0.406 e. The Hall–Kier alpha value is -3.07. The molecule has 1 N–H and O–H groups in total. The summed E-state index contributed by atoms with van der Waals surface area (Å²) < 4.78 is 42.7. The molecule has 0 unspecified atom stereocenters. The fourth-order valence-corrected chi connectivity index (χ4v) is 3.90. The van der Waals surface area contributed by atoms with Gasteiger partial charge in [-0.1, -0.05) is 12.1 Å². The highest BCUT2D eigenvalue weighted by atomic mass is 19.4. The van der Waals surface area contributed by atoms with E-state index in [1.807, 2.05) is 24.5 Å². The Morgan fingerprint density at radius 1 is 1.10 bits per heavy atom. The maximum absolute atomic E-state index is 12.3. The van der Waals surface area contributed by atoms with E-state index in [1.54, 1.807) is 0 Å². The van der Waals surface area contributed by atoms with Gasteiger partial charge in [0.05, 0.1) is 23.9 Å². The van der Waals surface area contributed by atoms with Crippen LogP contribution in [-0.4, -0.2) is 46.4 Å². The third-order valence-electron chi connectivity index (χ3n) is 5.43. The molecule has 0 atom stereocenters. The Bertz CT molecular complexity index is 1030. The van der Waals surface area contributed by atoms with Gasteiger partial charge in [-0.25, -0.2) is 4.98 Å². The molecule has 9 heteroatoms. The third-order valence-corrected chi connectivity index (χ3v) is 5.43. The molecule has 1 aliphatic heterocycles. The van der Waals surface area contributed by atoms with Crippen molar-refractivity contribution >= 4 is 22.6 Å². The second-order valence-corrected chi connectivity index (χ2v) is 7.73. The Morgan fingerprint density at radius 3 is 2.52 bits per heavy atom. The van der Waals surface area contributed by atoms with Crippen LogP contribution >= 0.6 is 0 Å². The van der Waals surface area contributed by atoms with Gasteiger partial charge >= 0.3 is 6.36 Å². The minimum atomic E-state index is -4.73. The summed E-state index contributed by atoms with van der Waals surface area (Å²) in [6.45, 7) is 2.81. The van der Waals surface area contributed by atoms with E-state index in [1.165, 1.54) is 24.3 Å². The van der Waals surface area contributed by atoms with E-state index in [-0.39, 0.29) is 18.2 Å². The number of carbonyl (C=O) groups is 1. The second kappa shape index (κ2) is 8.97. The Kier molecular flexibility index (Phi) is 6.13. The summed E-state index contributed by atoms with van der Waals surface area (Å²) in [5, 5.41) is 2.72. The molecule has 0 spiro atoms. The van der Waals surface area contributed by atoms with E-state index in [0.29, 0.717) is 11.6 Å². The monoisotopic (exact) mass is 432 g/mol. The van der Waals surface area contributed by atoms with Crippen molar-refractivity contribution in [1.82, 2.24) is 14.5 Å². The molecule has 2 aromatic carbocycles. The zero-order valence-electron chi connectivity index (χ0n) is 16.8. The van der Waals surface area contributed by atoms with Crippen LogP contribution < -0.4 is 10.1 Å². The quantitative estimate of drug-likeness (QED) is 0.632. The summed E-state index contributed by atoms with van der Waals surface area (Å²) in [7, 11) is 0. The molecule has 0 aliphatic carbocycles. The summed E-state index contributed by atoms with van der Waals surface area (Å²) in [6, 6.07) is 13.2. The number of rotatable bonds is 6. The number of para-hydroxylation sites is 2. The van der Waals surface area contributed by atoms with Crippen LogP contribution in [0.2, 0.25) is 0 Å². The number of ether oxygens (including phenoxy) is 1. The summed E-state index contributed by atoms with van der Waals surface area (Å²) >= 11 is 0. The Morgan fingerprint density at radius 2 is 1.81 bits per heavy atom. The highest BCUT2D eigenvalue weighted by Crippen LogP contribution is 2.24. The molecule has 1 fully saturated rings. The minimum absolute atomic E-state index is 0.191. The van der Waals surface area contributed by atoms with Crippen LogP contribution in [0.5, 0.6) is 5.75 Å². The molecular formula is C22H23F3N4O2. The molecule has 0 radical (unpaired) electrons. The maximum Gasteiger partial charge on any atom is 0.573 e. The van der Waals surface area contributed by atoms with E-state index in [9.17, 15) is 18.0 Å². The number of benzene rings is 2. The highest BCUT2D eigenvalue weighted by Gasteiger charge is 2.31. The molecular weight excluding hydrogens is 409 g/mol. The fraction of sp³-hybridized carbons (Fsp3) is 0.364. The van der Waals surface area contributed by atoms with Crippen LogP contribution in [-0.2, 0) is 11.3 Å². The molecule has 6 nitrogen and oxygen atoms in total. The number of carbonyl (C=O) groups excluding carboxylic acids is 1. The summed E-state index contributed by atoms with van der Waals surface area (Å²) in [6.07, 6.45) is -0.871. The number of amides is 1. The smallest absolute Gasteiger partial charge is 0.406 e. The van der Waals surface area contributed by atoms with Gasteiger partial charge in [0, 0.05) is 12.2 Å². The van der Waals surface area contributed by atoms with Gasteiger partial charge in [0.2, 0.25) is 5.91 Å². The molecule has 31 heavy (non-hydrogen) atoms. The number of fused-ring (bicyclic) bond motifs is 1. The number of piperidine rings is 1. The molecule has 1 saturated heterocycles. The number of nitrogens with one attached hydrogen (secondary N) is 1. The van der Waals surface area contributed by atoms with Gasteiger partial charge in [0.1, 0.15) is 5.75 Å². The fourth-order valence-electron chi connectivity index (χ4n) is 3.90. The molecule has 4 rings (SSSR count). The van der Waals surface area contributed by atoms with Crippen molar-refractivity contribution in [3.05, 3.63) is 54.9 Å². The zero-order chi connectivity index (χ0) is 21.8. The van der Waals surface area contributed by atoms with Crippen molar-refractivity contribution in [3.8, 4) is 5.75 Å². The van der Waals surface area contributed by atoms with Gasteiger partial charge in [-0.15, -0.1) is 13.2 Å². The molecule has 1 amide bonds. The number of hydrogen-bond acceptors (Lipinski definition) is 4. The van der Waals surface area contributed by atoms with Crippen LogP contribution in [0.3, 0.4) is 0 Å². The van der Waals surface area contributed by atoms with Gasteiger partial charge in [-0.05, 0) is 68.2 Å². The van der Waals surface area contributed by atoms with Gasteiger partial charge in [-0.2, -0.15) is 0 Å². The van der Waals surface area contributed by atoms with E-state index >= 15 is 0 Å². The lowest BCUT2D eigenvalue weighted by molar-refractivity contribution is -0.274. The normalized spacial score (nSPS) is 15.8. The predicted octanol–water partition coefficient (Wildman–Crippen LogP) is 4.29. The maximum atomic E-state index is 12.3. The number of nitrogens with zero attached hydrogens (tertiary/aromatic N) is 3. The van der Waals surface area contributed by atoms with Crippen molar-refractivity contribution in [2.24, 2.45) is 5.92 Å². The Balaban J connectivity index is 1.23. The highest BCUT2D eigenvalue weighted by molar-refractivity contribution is 5.92.